The van der Waals surface area contributed by atoms with E-state index < -0.39 is 11.9 Å². The van der Waals surface area contributed by atoms with Crippen LogP contribution in [-0.4, -0.2) is 16.1 Å². The van der Waals surface area contributed by atoms with E-state index in [0.717, 1.165) is 16.6 Å². The topological polar surface area (TPSA) is 74.2 Å². The molecule has 0 atom stereocenters. The van der Waals surface area contributed by atoms with E-state index in [0.29, 0.717) is 17.6 Å². The zero-order valence-corrected chi connectivity index (χ0v) is 12.1. The highest BCUT2D eigenvalue weighted by atomic mass is 18.2. The summed E-state index contributed by atoms with van der Waals surface area (Å²) >= 11 is 0. The zero-order chi connectivity index (χ0) is 16.2. The van der Waals surface area contributed by atoms with Gasteiger partial charge in [-0.2, -0.15) is 4.39 Å². The lowest BCUT2D eigenvalue weighted by atomic mass is 10.1. The Hall–Kier alpha value is -2.99. The Morgan fingerprint density at radius 1 is 1.09 bits per heavy atom. The normalized spacial score (nSPS) is 10.5. The smallest absolute Gasteiger partial charge is 0.274 e. The number of anilines is 1. The average molecular weight is 310 g/mol. The molecule has 6 heteroatoms. The van der Waals surface area contributed by atoms with Crippen molar-refractivity contribution >= 4 is 22.5 Å². The van der Waals surface area contributed by atoms with Gasteiger partial charge in [0.05, 0.1) is 11.2 Å². The lowest BCUT2D eigenvalue weighted by molar-refractivity contribution is 0.0706. The summed E-state index contributed by atoms with van der Waals surface area (Å²) in [5.74, 6) is -1.08. The van der Waals surface area contributed by atoms with Crippen LogP contribution in [0.4, 0.5) is 10.1 Å². The maximum atomic E-state index is 13.3. The molecule has 116 valence electrons. The van der Waals surface area contributed by atoms with Gasteiger partial charge in [0.2, 0.25) is 5.95 Å². The third-order valence-electron chi connectivity index (χ3n) is 3.49. The van der Waals surface area contributed by atoms with E-state index >= 15 is 0 Å². The van der Waals surface area contributed by atoms with Crippen LogP contribution >= 0.6 is 0 Å². The summed E-state index contributed by atoms with van der Waals surface area (Å²) < 4.78 is 13.3. The van der Waals surface area contributed by atoms with Gasteiger partial charge in [0.15, 0.2) is 0 Å². The first-order valence-electron chi connectivity index (χ1n) is 7.00. The summed E-state index contributed by atoms with van der Waals surface area (Å²) in [7, 11) is 0. The number of hydrogen-bond donors (Lipinski definition) is 3. The number of nitrogens with one attached hydrogen (secondary N) is 2. The number of pyridine rings is 1. The van der Waals surface area contributed by atoms with Crippen molar-refractivity contribution in [3.05, 3.63) is 71.7 Å². The minimum absolute atomic E-state index is 0.366. The van der Waals surface area contributed by atoms with Crippen molar-refractivity contribution in [2.75, 3.05) is 5.32 Å². The highest BCUT2D eigenvalue weighted by molar-refractivity contribution is 5.93. The molecule has 3 aromatic rings. The summed E-state index contributed by atoms with van der Waals surface area (Å²) in [5.41, 5.74) is 4.20. The molecule has 23 heavy (non-hydrogen) atoms. The Kier molecular flexibility index (Phi) is 4.16. The molecule has 0 aliphatic carbocycles. The molecule has 3 rings (SSSR count). The Morgan fingerprint density at radius 2 is 1.87 bits per heavy atom. The first-order chi connectivity index (χ1) is 11.2. The molecule has 1 amide bonds. The fraction of sp³-hybridized carbons (Fsp3) is 0.0588. The van der Waals surface area contributed by atoms with Crippen molar-refractivity contribution in [3.63, 3.8) is 0 Å². The number of carbonyl (C=O) groups excluding carboxylic acids is 1. The van der Waals surface area contributed by atoms with Crippen molar-refractivity contribution in [2.24, 2.45) is 0 Å². The molecule has 0 saturated heterocycles. The number of hydroxylamine groups is 1. The largest absolute Gasteiger partial charge is 0.379 e. The Balaban J connectivity index is 1.78. The van der Waals surface area contributed by atoms with Crippen LogP contribution in [0.5, 0.6) is 0 Å². The van der Waals surface area contributed by atoms with E-state index in [9.17, 15) is 9.18 Å². The molecule has 0 spiro atoms. The van der Waals surface area contributed by atoms with Gasteiger partial charge in [0.1, 0.15) is 0 Å². The van der Waals surface area contributed by atoms with Crippen LogP contribution in [0.1, 0.15) is 15.9 Å². The first-order valence-corrected chi connectivity index (χ1v) is 7.00. The zero-order valence-electron chi connectivity index (χ0n) is 12.1. The molecule has 0 bridgehead atoms. The molecular formula is C17H14FN3O2. The van der Waals surface area contributed by atoms with Gasteiger partial charge >= 0.3 is 0 Å². The van der Waals surface area contributed by atoms with E-state index in [1.165, 1.54) is 6.07 Å². The monoisotopic (exact) mass is 310 g/mol. The van der Waals surface area contributed by atoms with E-state index in [1.807, 2.05) is 18.2 Å². The number of carbonyl (C=O) groups is 1. The summed E-state index contributed by atoms with van der Waals surface area (Å²) in [4.78, 5) is 15.2. The number of halogens is 1. The van der Waals surface area contributed by atoms with Crippen LogP contribution in [0.3, 0.4) is 0 Å². The SMILES string of the molecule is O=C(NO)c1ccc(CNc2cccc3ccc([18F])nc23)cc1. The Bertz CT molecular complexity index is 850. The number of aromatic nitrogens is 1. The van der Waals surface area contributed by atoms with Crippen LogP contribution < -0.4 is 10.8 Å². The summed E-state index contributed by atoms with van der Waals surface area (Å²) in [5, 5.41) is 12.7. The molecule has 0 fully saturated rings. The van der Waals surface area contributed by atoms with E-state index in [-0.39, 0.29) is 0 Å². The predicted molar refractivity (Wildman–Crippen MR) is 84.7 cm³/mol. The average Bonchev–Trinajstić information content (AvgIpc) is 2.59. The number of rotatable bonds is 4. The van der Waals surface area contributed by atoms with Crippen molar-refractivity contribution in [1.29, 1.82) is 0 Å². The second-order valence-electron chi connectivity index (χ2n) is 5.00. The van der Waals surface area contributed by atoms with Gasteiger partial charge in [-0.05, 0) is 35.9 Å². The van der Waals surface area contributed by atoms with Gasteiger partial charge in [-0.3, -0.25) is 10.0 Å². The van der Waals surface area contributed by atoms with Crippen LogP contribution in [0.15, 0.2) is 54.6 Å². The predicted octanol–water partition coefficient (Wildman–Crippen LogP) is 3.11. The standard InChI is InChI=1S/C17H14FN3O2/c18-15-9-8-12-2-1-3-14(16(12)20-15)19-10-11-4-6-13(7-5-11)17(22)21-23/h1-9,19,23H,10H2,(H,21,22)/i18-1. The summed E-state index contributed by atoms with van der Waals surface area (Å²) in [6.45, 7) is 0.498. The van der Waals surface area contributed by atoms with Crippen molar-refractivity contribution in [1.82, 2.24) is 10.5 Å². The van der Waals surface area contributed by atoms with Crippen molar-refractivity contribution < 1.29 is 14.4 Å². The summed E-state index contributed by atoms with van der Waals surface area (Å²) in [6.07, 6.45) is 0. The van der Waals surface area contributed by atoms with Gasteiger partial charge < -0.3 is 5.32 Å². The lowest BCUT2D eigenvalue weighted by Gasteiger charge is -2.09. The minimum atomic E-state index is -0.557. The number of nitrogens with zero attached hydrogens (tertiary/aromatic N) is 1. The molecule has 0 radical (unpaired) electrons. The molecular weight excluding hydrogens is 296 g/mol. The maximum absolute atomic E-state index is 13.3. The molecule has 5 nitrogen and oxygen atoms in total. The number of fused-ring (bicyclic) bond motifs is 1. The quantitative estimate of drug-likeness (QED) is 0.393. The van der Waals surface area contributed by atoms with Crippen LogP contribution in [0, 0.1) is 5.95 Å². The van der Waals surface area contributed by atoms with Gasteiger partial charge in [0, 0.05) is 17.5 Å². The second-order valence-corrected chi connectivity index (χ2v) is 5.00. The number of amides is 1. The molecule has 2 aromatic carbocycles. The Labute approximate surface area is 131 Å². The van der Waals surface area contributed by atoms with Crippen LogP contribution in [0.2, 0.25) is 0 Å². The second kappa shape index (κ2) is 6.41. The molecule has 0 aliphatic rings. The number of hydrogen-bond acceptors (Lipinski definition) is 4. The third-order valence-corrected chi connectivity index (χ3v) is 3.49. The fourth-order valence-electron chi connectivity index (χ4n) is 2.30. The van der Waals surface area contributed by atoms with Gasteiger partial charge in [-0.15, -0.1) is 0 Å². The minimum Gasteiger partial charge on any atom is -0.379 e. The fourth-order valence-corrected chi connectivity index (χ4v) is 2.30. The third kappa shape index (κ3) is 3.27. The lowest BCUT2D eigenvalue weighted by Crippen LogP contribution is -2.18. The van der Waals surface area contributed by atoms with Crippen molar-refractivity contribution in [2.45, 2.75) is 6.54 Å². The number of benzene rings is 2. The van der Waals surface area contributed by atoms with Gasteiger partial charge in [0.25, 0.3) is 5.91 Å². The molecule has 3 N–H and O–H groups in total. The van der Waals surface area contributed by atoms with E-state index in [4.69, 9.17) is 5.21 Å². The maximum Gasteiger partial charge on any atom is 0.274 e. The first kappa shape index (κ1) is 14.9. The van der Waals surface area contributed by atoms with Crippen molar-refractivity contribution in [3.8, 4) is 0 Å². The van der Waals surface area contributed by atoms with Gasteiger partial charge in [-0.25, -0.2) is 10.5 Å². The van der Waals surface area contributed by atoms with Crippen LogP contribution in [0.25, 0.3) is 10.9 Å². The van der Waals surface area contributed by atoms with Crippen LogP contribution in [-0.2, 0) is 6.54 Å². The molecule has 1 heterocycles. The molecule has 1 aromatic heterocycles. The molecule has 0 unspecified atom stereocenters. The highest BCUT2D eigenvalue weighted by Gasteiger charge is 2.05. The van der Waals surface area contributed by atoms with E-state index in [1.54, 1.807) is 35.8 Å². The molecule has 0 saturated carbocycles. The Morgan fingerprint density at radius 3 is 2.61 bits per heavy atom. The van der Waals surface area contributed by atoms with Gasteiger partial charge in [-0.1, -0.05) is 24.3 Å². The van der Waals surface area contributed by atoms with E-state index in [2.05, 4.69) is 10.3 Å². The highest BCUT2D eigenvalue weighted by Crippen LogP contribution is 2.22. The molecule has 0 aliphatic heterocycles. The summed E-state index contributed by atoms with van der Waals surface area (Å²) in [6, 6.07) is 15.4. The number of para-hydroxylation sites is 1.